The third kappa shape index (κ3) is 3.90. The Morgan fingerprint density at radius 2 is 1.76 bits per heavy atom. The Hall–Kier alpha value is -3.85. The van der Waals surface area contributed by atoms with Crippen LogP contribution in [0.4, 0.5) is 5.69 Å². The molecule has 0 aliphatic rings. The maximum atomic E-state index is 12.6. The molecule has 0 fully saturated rings. The van der Waals surface area contributed by atoms with Gasteiger partial charge in [-0.3, -0.25) is 14.9 Å². The van der Waals surface area contributed by atoms with Crippen LogP contribution >= 0.6 is 11.3 Å². The van der Waals surface area contributed by atoms with Crippen LogP contribution in [0.15, 0.2) is 53.3 Å². The first-order valence-corrected chi connectivity index (χ1v) is 9.33. The second kappa shape index (κ2) is 7.64. The highest BCUT2D eigenvalue weighted by Crippen LogP contribution is 2.14. The molecular weight excluding hydrogens is 392 g/mol. The average molecular weight is 406 g/mol. The number of fused-ring (bicyclic) bond motifs is 1. The maximum Gasteiger partial charge on any atom is 0.291 e. The van der Waals surface area contributed by atoms with Crippen LogP contribution < -0.4 is 14.8 Å². The highest BCUT2D eigenvalue weighted by Gasteiger charge is 2.09. The summed E-state index contributed by atoms with van der Waals surface area (Å²) >= 11 is 1.21. The molecule has 29 heavy (non-hydrogen) atoms. The lowest BCUT2D eigenvalue weighted by Crippen LogP contribution is -2.23. The van der Waals surface area contributed by atoms with Gasteiger partial charge in [0.1, 0.15) is 5.75 Å². The smallest absolute Gasteiger partial charge is 0.291 e. The summed E-state index contributed by atoms with van der Waals surface area (Å²) in [4.78, 5) is 27.7. The van der Waals surface area contributed by atoms with E-state index in [1.54, 1.807) is 31.4 Å². The molecule has 0 unspecified atom stereocenters. The number of thiazole rings is 1. The summed E-state index contributed by atoms with van der Waals surface area (Å²) in [5.41, 5.74) is 1.37. The number of methoxy groups -OCH3 is 1. The molecule has 0 aliphatic heterocycles. The second-order valence-electron chi connectivity index (χ2n) is 6.04. The van der Waals surface area contributed by atoms with Gasteiger partial charge in [-0.1, -0.05) is 29.5 Å². The van der Waals surface area contributed by atoms with Crippen molar-refractivity contribution in [2.45, 2.75) is 0 Å². The molecule has 0 bridgehead atoms. The van der Waals surface area contributed by atoms with E-state index >= 15 is 0 Å². The minimum absolute atomic E-state index is 0.000403. The molecule has 0 amide bonds. The normalized spacial score (nSPS) is 12.1. The van der Waals surface area contributed by atoms with Gasteiger partial charge in [0.25, 0.3) is 11.2 Å². The molecule has 0 atom stereocenters. The number of hydrogen-bond donors (Lipinski definition) is 0. The summed E-state index contributed by atoms with van der Waals surface area (Å²) in [6, 6.07) is 13.5. The number of rotatable bonds is 5. The molecule has 0 radical (unpaired) electrons. The lowest BCUT2D eigenvalue weighted by atomic mass is 10.2. The zero-order valence-corrected chi connectivity index (χ0v) is 16.0. The lowest BCUT2D eigenvalue weighted by molar-refractivity contribution is -0.384. The van der Waals surface area contributed by atoms with Crippen molar-refractivity contribution < 1.29 is 9.66 Å². The number of benzene rings is 2. The van der Waals surface area contributed by atoms with Crippen LogP contribution in [-0.2, 0) is 0 Å². The Balaban J connectivity index is 1.60. The Kier molecular flexibility index (Phi) is 4.88. The van der Waals surface area contributed by atoms with Crippen molar-refractivity contribution in [3.05, 3.63) is 90.5 Å². The van der Waals surface area contributed by atoms with Gasteiger partial charge in [-0.2, -0.15) is 9.50 Å². The van der Waals surface area contributed by atoms with E-state index in [4.69, 9.17) is 4.74 Å². The third-order valence-electron chi connectivity index (χ3n) is 4.14. The maximum absolute atomic E-state index is 12.6. The Labute approximate surface area is 168 Å². The summed E-state index contributed by atoms with van der Waals surface area (Å²) < 4.78 is 6.84. The van der Waals surface area contributed by atoms with E-state index in [2.05, 4.69) is 10.1 Å². The van der Waals surface area contributed by atoms with Crippen molar-refractivity contribution in [1.29, 1.82) is 0 Å². The van der Waals surface area contributed by atoms with Crippen LogP contribution in [0.5, 0.6) is 5.75 Å². The van der Waals surface area contributed by atoms with Crippen LogP contribution in [0.1, 0.15) is 17.0 Å². The Morgan fingerprint density at radius 3 is 2.38 bits per heavy atom. The van der Waals surface area contributed by atoms with E-state index in [1.807, 2.05) is 30.3 Å². The quantitative estimate of drug-likeness (QED) is 0.373. The van der Waals surface area contributed by atoms with Gasteiger partial charge in [0.15, 0.2) is 5.82 Å². The fourth-order valence-electron chi connectivity index (χ4n) is 2.65. The van der Waals surface area contributed by atoms with Gasteiger partial charge in [-0.15, -0.1) is 5.10 Å². The molecule has 4 aromatic rings. The summed E-state index contributed by atoms with van der Waals surface area (Å²) in [5.74, 6) is 1.21. The SMILES string of the molecule is COc1ccc(C=Cc2nc3sc(=Cc4ccc([N+](=O)[O-])cc4)c(=O)n3n2)cc1. The minimum atomic E-state index is -0.465. The Bertz CT molecular complexity index is 1320. The van der Waals surface area contributed by atoms with Crippen molar-refractivity contribution in [2.75, 3.05) is 7.11 Å². The van der Waals surface area contributed by atoms with Crippen molar-refractivity contribution >= 4 is 40.2 Å². The van der Waals surface area contributed by atoms with Crippen molar-refractivity contribution in [2.24, 2.45) is 0 Å². The Morgan fingerprint density at radius 1 is 1.07 bits per heavy atom. The molecule has 144 valence electrons. The number of non-ortho nitro benzene ring substituents is 1. The molecule has 0 saturated heterocycles. The molecule has 2 aromatic carbocycles. The van der Waals surface area contributed by atoms with E-state index < -0.39 is 4.92 Å². The predicted molar refractivity (Wildman–Crippen MR) is 111 cm³/mol. The first kappa shape index (κ1) is 18.5. The number of hydrogen-bond acceptors (Lipinski definition) is 7. The van der Waals surface area contributed by atoms with E-state index in [0.717, 1.165) is 11.3 Å². The molecule has 4 rings (SSSR count). The fourth-order valence-corrected chi connectivity index (χ4v) is 3.56. The third-order valence-corrected chi connectivity index (χ3v) is 5.10. The van der Waals surface area contributed by atoms with Gasteiger partial charge in [0, 0.05) is 12.1 Å². The van der Waals surface area contributed by atoms with Gasteiger partial charge >= 0.3 is 0 Å². The van der Waals surface area contributed by atoms with Gasteiger partial charge in [0.05, 0.1) is 16.6 Å². The molecule has 0 saturated carbocycles. The number of nitro groups is 1. The van der Waals surface area contributed by atoms with Crippen molar-refractivity contribution in [1.82, 2.24) is 14.6 Å². The number of aromatic nitrogens is 3. The predicted octanol–water partition coefficient (Wildman–Crippen LogP) is 2.79. The van der Waals surface area contributed by atoms with Crippen LogP contribution in [0.25, 0.3) is 23.2 Å². The zero-order chi connectivity index (χ0) is 20.4. The number of nitro benzene ring substituents is 1. The van der Waals surface area contributed by atoms with Crippen LogP contribution in [0.2, 0.25) is 0 Å². The number of nitrogens with zero attached hydrogens (tertiary/aromatic N) is 4. The van der Waals surface area contributed by atoms with E-state index in [9.17, 15) is 14.9 Å². The summed E-state index contributed by atoms with van der Waals surface area (Å²) in [7, 11) is 1.61. The van der Waals surface area contributed by atoms with Crippen LogP contribution in [0, 0.1) is 10.1 Å². The van der Waals surface area contributed by atoms with E-state index in [0.29, 0.717) is 20.9 Å². The molecule has 2 aromatic heterocycles. The first-order chi connectivity index (χ1) is 14.0. The molecule has 9 heteroatoms. The summed E-state index contributed by atoms with van der Waals surface area (Å²) in [6.07, 6.45) is 5.26. The highest BCUT2D eigenvalue weighted by molar-refractivity contribution is 7.15. The topological polar surface area (TPSA) is 99.6 Å². The second-order valence-corrected chi connectivity index (χ2v) is 7.04. The van der Waals surface area contributed by atoms with Gasteiger partial charge < -0.3 is 4.74 Å². The summed E-state index contributed by atoms with van der Waals surface area (Å²) in [5, 5.41) is 15.0. The molecule has 2 heterocycles. The summed E-state index contributed by atoms with van der Waals surface area (Å²) in [6.45, 7) is 0. The fraction of sp³-hybridized carbons (Fsp3) is 0.0500. The minimum Gasteiger partial charge on any atom is -0.497 e. The van der Waals surface area contributed by atoms with Crippen LogP contribution in [-0.4, -0.2) is 26.6 Å². The first-order valence-electron chi connectivity index (χ1n) is 8.51. The van der Waals surface area contributed by atoms with Gasteiger partial charge in [-0.25, -0.2) is 0 Å². The monoisotopic (exact) mass is 406 g/mol. The lowest BCUT2D eigenvalue weighted by Gasteiger charge is -1.98. The molecule has 0 N–H and O–H groups in total. The highest BCUT2D eigenvalue weighted by atomic mass is 32.1. The van der Waals surface area contributed by atoms with Crippen LogP contribution in [0.3, 0.4) is 0 Å². The largest absolute Gasteiger partial charge is 0.497 e. The van der Waals surface area contributed by atoms with Gasteiger partial charge in [-0.05, 0) is 47.5 Å². The van der Waals surface area contributed by atoms with E-state index in [-0.39, 0.29) is 11.2 Å². The molecule has 0 aliphatic carbocycles. The molecule has 0 spiro atoms. The average Bonchev–Trinajstić information content (AvgIpc) is 3.26. The molecular formula is C20H14N4O4S. The number of ether oxygens (including phenoxy) is 1. The standard InChI is InChI=1S/C20H14N4O4S/c1-28-16-9-4-13(5-10-16)6-11-18-21-20-23(22-18)19(25)17(29-20)12-14-2-7-15(8-3-14)24(26)27/h2-12H,1H3. The van der Waals surface area contributed by atoms with Gasteiger partial charge in [0.2, 0.25) is 4.96 Å². The van der Waals surface area contributed by atoms with E-state index in [1.165, 1.54) is 28.0 Å². The van der Waals surface area contributed by atoms with Crippen molar-refractivity contribution in [3.63, 3.8) is 0 Å². The zero-order valence-electron chi connectivity index (χ0n) is 15.2. The van der Waals surface area contributed by atoms with Crippen molar-refractivity contribution in [3.8, 4) is 5.75 Å². The molecule has 8 nitrogen and oxygen atoms in total.